The van der Waals surface area contributed by atoms with E-state index in [9.17, 15) is 8.42 Å². The maximum Gasteiger partial charge on any atom is 0.240 e. The molecule has 2 aliphatic rings. The van der Waals surface area contributed by atoms with Gasteiger partial charge in [0.05, 0.1) is 4.90 Å². The normalized spacial score (nSPS) is 24.2. The molecule has 1 saturated heterocycles. The van der Waals surface area contributed by atoms with Crippen LogP contribution in [0.1, 0.15) is 25.7 Å². The molecule has 1 aromatic heterocycles. The molecule has 150 valence electrons. The Morgan fingerprint density at radius 3 is 2.29 bits per heavy atom. The van der Waals surface area contributed by atoms with Crippen LogP contribution in [-0.4, -0.2) is 61.5 Å². The second-order valence-electron chi connectivity index (χ2n) is 7.46. The number of anilines is 1. The maximum absolute atomic E-state index is 12.8. The van der Waals surface area contributed by atoms with Gasteiger partial charge in [-0.3, -0.25) is 4.90 Å². The minimum atomic E-state index is -3.49. The molecule has 2 unspecified atom stereocenters. The van der Waals surface area contributed by atoms with Crippen molar-refractivity contribution in [3.63, 3.8) is 0 Å². The molecule has 28 heavy (non-hydrogen) atoms. The summed E-state index contributed by atoms with van der Waals surface area (Å²) < 4.78 is 28.6. The Morgan fingerprint density at radius 2 is 1.57 bits per heavy atom. The molecule has 0 radical (unpaired) electrons. The Bertz CT molecular complexity index is 855. The lowest BCUT2D eigenvalue weighted by Gasteiger charge is -2.44. The van der Waals surface area contributed by atoms with Gasteiger partial charge in [-0.25, -0.2) is 23.1 Å². The fourth-order valence-corrected chi connectivity index (χ4v) is 5.59. The summed E-state index contributed by atoms with van der Waals surface area (Å²) in [5, 5.41) is 0. The number of nitrogens with one attached hydrogen (secondary N) is 1. The lowest BCUT2D eigenvalue weighted by molar-refractivity contribution is 0.123. The number of hydrogen-bond donors (Lipinski definition) is 1. The SMILES string of the molecule is O=S(=O)(NC1CCCCC1N1CCN(c2ncccn2)CC1)c1ccccc1. The Kier molecular flexibility index (Phi) is 5.89. The van der Waals surface area contributed by atoms with Gasteiger partial charge in [-0.2, -0.15) is 0 Å². The maximum atomic E-state index is 12.8. The van der Waals surface area contributed by atoms with Crippen LogP contribution in [0.3, 0.4) is 0 Å². The Labute approximate surface area is 166 Å². The predicted octanol–water partition coefficient (Wildman–Crippen LogP) is 1.89. The highest BCUT2D eigenvalue weighted by molar-refractivity contribution is 7.89. The summed E-state index contributed by atoms with van der Waals surface area (Å²) in [6, 6.07) is 10.7. The van der Waals surface area contributed by atoms with Gasteiger partial charge in [-0.15, -0.1) is 0 Å². The summed E-state index contributed by atoms with van der Waals surface area (Å²) in [5.74, 6) is 0.770. The fourth-order valence-electron chi connectivity index (χ4n) is 4.26. The average Bonchev–Trinajstić information content (AvgIpc) is 2.75. The van der Waals surface area contributed by atoms with Crippen molar-refractivity contribution in [2.24, 2.45) is 0 Å². The van der Waals surface area contributed by atoms with Gasteiger partial charge in [0.25, 0.3) is 0 Å². The van der Waals surface area contributed by atoms with Crippen LogP contribution in [-0.2, 0) is 10.0 Å². The van der Waals surface area contributed by atoms with Gasteiger partial charge in [0.15, 0.2) is 0 Å². The van der Waals surface area contributed by atoms with Gasteiger partial charge in [-0.05, 0) is 31.0 Å². The van der Waals surface area contributed by atoms with Crippen LogP contribution in [0.15, 0.2) is 53.7 Å². The van der Waals surface area contributed by atoms with Crippen LogP contribution in [0.2, 0.25) is 0 Å². The van der Waals surface area contributed by atoms with E-state index in [0.717, 1.165) is 57.8 Å². The van der Waals surface area contributed by atoms with E-state index in [0.29, 0.717) is 4.90 Å². The van der Waals surface area contributed by atoms with Crippen LogP contribution < -0.4 is 9.62 Å². The minimum absolute atomic E-state index is 0.0431. The molecule has 1 aliphatic heterocycles. The standard InChI is InChI=1S/C20H27N5O2S/c26-28(27,17-7-2-1-3-8-17)23-18-9-4-5-10-19(18)24-13-15-25(16-14-24)20-21-11-6-12-22-20/h1-3,6-8,11-12,18-19,23H,4-5,9-10,13-16H2. The van der Waals surface area contributed by atoms with Gasteiger partial charge >= 0.3 is 0 Å². The third kappa shape index (κ3) is 4.34. The highest BCUT2D eigenvalue weighted by Crippen LogP contribution is 2.26. The van der Waals surface area contributed by atoms with E-state index in [1.165, 1.54) is 0 Å². The number of sulfonamides is 1. The first-order valence-electron chi connectivity index (χ1n) is 9.97. The fraction of sp³-hybridized carbons (Fsp3) is 0.500. The Morgan fingerprint density at radius 1 is 0.893 bits per heavy atom. The molecule has 2 heterocycles. The van der Waals surface area contributed by atoms with Crippen molar-refractivity contribution in [2.75, 3.05) is 31.1 Å². The molecule has 0 amide bonds. The molecular formula is C20H27N5O2S. The van der Waals surface area contributed by atoms with E-state index in [-0.39, 0.29) is 12.1 Å². The van der Waals surface area contributed by atoms with E-state index in [1.54, 1.807) is 36.7 Å². The van der Waals surface area contributed by atoms with E-state index in [1.807, 2.05) is 12.1 Å². The number of piperazine rings is 1. The highest BCUT2D eigenvalue weighted by Gasteiger charge is 2.34. The molecule has 1 aliphatic carbocycles. The molecule has 0 spiro atoms. The zero-order chi connectivity index (χ0) is 19.4. The van der Waals surface area contributed by atoms with E-state index < -0.39 is 10.0 Å². The molecule has 2 aromatic rings. The molecule has 4 rings (SSSR count). The van der Waals surface area contributed by atoms with Gasteiger partial charge in [0.2, 0.25) is 16.0 Å². The lowest BCUT2D eigenvalue weighted by atomic mass is 9.89. The average molecular weight is 402 g/mol. The second-order valence-corrected chi connectivity index (χ2v) is 9.18. The summed E-state index contributed by atoms with van der Waals surface area (Å²) >= 11 is 0. The van der Waals surface area contributed by atoms with Crippen LogP contribution in [0, 0.1) is 0 Å². The molecule has 2 fully saturated rings. The van der Waals surface area contributed by atoms with Gasteiger partial charge in [-0.1, -0.05) is 31.0 Å². The third-order valence-electron chi connectivity index (χ3n) is 5.71. The molecule has 1 aromatic carbocycles. The third-order valence-corrected chi connectivity index (χ3v) is 7.21. The van der Waals surface area contributed by atoms with Crippen LogP contribution in [0.5, 0.6) is 0 Å². The summed E-state index contributed by atoms with van der Waals surface area (Å²) in [6.07, 6.45) is 7.67. The molecule has 1 saturated carbocycles. The molecule has 1 N–H and O–H groups in total. The van der Waals surface area contributed by atoms with Crippen molar-refractivity contribution in [2.45, 2.75) is 42.7 Å². The lowest BCUT2D eigenvalue weighted by Crippen LogP contribution is -2.58. The van der Waals surface area contributed by atoms with E-state index in [4.69, 9.17) is 0 Å². The van der Waals surface area contributed by atoms with Crippen molar-refractivity contribution in [1.82, 2.24) is 19.6 Å². The molecular weight excluding hydrogens is 374 g/mol. The summed E-state index contributed by atoms with van der Waals surface area (Å²) in [4.78, 5) is 13.7. The number of nitrogens with zero attached hydrogens (tertiary/aromatic N) is 4. The molecule has 8 heteroatoms. The van der Waals surface area contributed by atoms with E-state index >= 15 is 0 Å². The van der Waals surface area contributed by atoms with Crippen LogP contribution in [0.25, 0.3) is 0 Å². The van der Waals surface area contributed by atoms with Gasteiger partial charge in [0.1, 0.15) is 0 Å². The van der Waals surface area contributed by atoms with Gasteiger partial charge < -0.3 is 4.90 Å². The van der Waals surface area contributed by atoms with Crippen molar-refractivity contribution >= 4 is 16.0 Å². The van der Waals surface area contributed by atoms with Crippen LogP contribution in [0.4, 0.5) is 5.95 Å². The number of hydrogen-bond acceptors (Lipinski definition) is 6. The first-order valence-corrected chi connectivity index (χ1v) is 11.5. The monoisotopic (exact) mass is 401 g/mol. The predicted molar refractivity (Wildman–Crippen MR) is 109 cm³/mol. The number of aromatic nitrogens is 2. The first-order chi connectivity index (χ1) is 13.6. The van der Waals surface area contributed by atoms with Crippen molar-refractivity contribution in [1.29, 1.82) is 0 Å². The molecule has 7 nitrogen and oxygen atoms in total. The quantitative estimate of drug-likeness (QED) is 0.824. The number of benzene rings is 1. The zero-order valence-electron chi connectivity index (χ0n) is 15.9. The number of rotatable bonds is 5. The topological polar surface area (TPSA) is 78.4 Å². The van der Waals surface area contributed by atoms with Crippen molar-refractivity contribution in [3.05, 3.63) is 48.8 Å². The molecule has 2 atom stereocenters. The largest absolute Gasteiger partial charge is 0.338 e. The summed E-state index contributed by atoms with van der Waals surface area (Å²) in [5.41, 5.74) is 0. The molecule has 0 bridgehead atoms. The minimum Gasteiger partial charge on any atom is -0.338 e. The summed E-state index contributed by atoms with van der Waals surface area (Å²) in [6.45, 7) is 3.51. The second kappa shape index (κ2) is 8.55. The smallest absolute Gasteiger partial charge is 0.240 e. The van der Waals surface area contributed by atoms with Crippen molar-refractivity contribution in [3.8, 4) is 0 Å². The Hall–Kier alpha value is -2.03. The van der Waals surface area contributed by atoms with Gasteiger partial charge in [0, 0.05) is 50.7 Å². The zero-order valence-corrected chi connectivity index (χ0v) is 16.8. The van der Waals surface area contributed by atoms with E-state index in [2.05, 4.69) is 24.5 Å². The van der Waals surface area contributed by atoms with Crippen LogP contribution >= 0.6 is 0 Å². The summed E-state index contributed by atoms with van der Waals surface area (Å²) in [7, 11) is -3.49. The Balaban J connectivity index is 1.42. The first kappa shape index (κ1) is 19.3. The van der Waals surface area contributed by atoms with Crippen molar-refractivity contribution < 1.29 is 8.42 Å². The highest BCUT2D eigenvalue weighted by atomic mass is 32.2.